The third kappa shape index (κ3) is 7.20. The Hall–Kier alpha value is -3.09. The molecule has 33 heavy (non-hydrogen) atoms. The fraction of sp³-hybridized carbons (Fsp3) is 0.350. The summed E-state index contributed by atoms with van der Waals surface area (Å²) in [5.41, 5.74) is 13.1. The van der Waals surface area contributed by atoms with Crippen LogP contribution in [0, 0.1) is 12.3 Å². The summed E-state index contributed by atoms with van der Waals surface area (Å²) in [6, 6.07) is 8.08. The minimum Gasteiger partial charge on any atom is -0.368 e. The van der Waals surface area contributed by atoms with Crippen molar-refractivity contribution in [3.8, 4) is 0 Å². The van der Waals surface area contributed by atoms with Crippen molar-refractivity contribution >= 4 is 40.0 Å². The van der Waals surface area contributed by atoms with E-state index >= 15 is 0 Å². The molecule has 182 valence electrons. The number of guanidine groups is 1. The molecular weight excluding hydrogens is 472 g/mol. The topological polar surface area (TPSA) is 182 Å². The van der Waals surface area contributed by atoms with E-state index in [2.05, 4.69) is 10.2 Å². The maximum atomic E-state index is 13.3. The fourth-order valence-electron chi connectivity index (χ4n) is 3.12. The van der Waals surface area contributed by atoms with Crippen LogP contribution in [0.15, 0.2) is 46.1 Å². The highest BCUT2D eigenvalue weighted by Gasteiger charge is 2.25. The molecule has 11 nitrogen and oxygen atoms in total. The molecular formula is C20H29ClN6O5S. The number of pyridine rings is 1. The number of carbonyl (C=O) groups is 1. The van der Waals surface area contributed by atoms with Crippen molar-refractivity contribution in [3.63, 3.8) is 0 Å². The number of nitrogens with zero attached hydrogens (tertiary/aromatic N) is 1. The Morgan fingerprint density at radius 1 is 1.21 bits per heavy atom. The number of anilines is 1. The van der Waals surface area contributed by atoms with Crippen LogP contribution in [0.3, 0.4) is 0 Å². The molecule has 1 aromatic heterocycles. The molecule has 1 unspecified atom stereocenters. The van der Waals surface area contributed by atoms with Crippen LogP contribution in [0.2, 0.25) is 0 Å². The molecule has 0 aliphatic heterocycles. The summed E-state index contributed by atoms with van der Waals surface area (Å²) in [7, 11) is -4.04. The summed E-state index contributed by atoms with van der Waals surface area (Å²) in [5.74, 6) is -1.38. The highest BCUT2D eigenvalue weighted by Crippen LogP contribution is 2.22. The Morgan fingerprint density at radius 3 is 2.42 bits per heavy atom. The van der Waals surface area contributed by atoms with E-state index in [1.165, 1.54) is 22.8 Å². The smallest absolute Gasteiger partial charge is 0.275 e. The average molecular weight is 501 g/mol. The van der Waals surface area contributed by atoms with Crippen LogP contribution in [0.5, 0.6) is 0 Å². The second kappa shape index (κ2) is 11.7. The lowest BCUT2D eigenvalue weighted by Crippen LogP contribution is -2.39. The first-order valence-corrected chi connectivity index (χ1v) is 11.3. The van der Waals surface area contributed by atoms with E-state index in [1.807, 2.05) is 13.8 Å². The summed E-state index contributed by atoms with van der Waals surface area (Å²) >= 11 is 0. The second-order valence-corrected chi connectivity index (χ2v) is 9.18. The molecule has 1 aromatic carbocycles. The minimum absolute atomic E-state index is 0. The van der Waals surface area contributed by atoms with Gasteiger partial charge < -0.3 is 11.5 Å². The number of nitrogens with one attached hydrogen (secondary N) is 3. The Kier molecular flexibility index (Phi) is 9.89. The van der Waals surface area contributed by atoms with Crippen LogP contribution >= 0.6 is 12.4 Å². The van der Waals surface area contributed by atoms with Crippen molar-refractivity contribution in [2.24, 2.45) is 11.5 Å². The van der Waals surface area contributed by atoms with Gasteiger partial charge in [0.25, 0.3) is 15.6 Å². The number of amides is 1. The Balaban J connectivity index is 0.00000544. The molecule has 0 fully saturated rings. The molecule has 1 atom stereocenters. The van der Waals surface area contributed by atoms with Gasteiger partial charge in [-0.1, -0.05) is 26.0 Å². The number of hydrogen-bond donors (Lipinski definition) is 5. The molecule has 1 amide bonds. The highest BCUT2D eigenvalue weighted by molar-refractivity contribution is 7.92. The number of hydrogen-bond acceptors (Lipinski definition) is 6. The van der Waals surface area contributed by atoms with E-state index < -0.39 is 33.5 Å². The molecule has 0 radical (unpaired) electrons. The molecule has 2 rings (SSSR count). The molecule has 0 aliphatic carbocycles. The SMILES string of the molecule is Cc1cccc(S(=O)(=O)Nc2ccc(C(C)C)n(C(CCONC(=N)N)C(N)=O)c2=O)c1.Cl. The number of carbonyl (C=O) groups excluding carboxylic acids is 1. The van der Waals surface area contributed by atoms with E-state index in [9.17, 15) is 18.0 Å². The number of nitrogens with two attached hydrogens (primary N) is 2. The van der Waals surface area contributed by atoms with E-state index in [-0.39, 0.29) is 41.9 Å². The summed E-state index contributed by atoms with van der Waals surface area (Å²) in [4.78, 5) is 30.5. The van der Waals surface area contributed by atoms with Gasteiger partial charge in [0.05, 0.1) is 11.5 Å². The molecule has 13 heteroatoms. The largest absolute Gasteiger partial charge is 0.368 e. The molecule has 2 aromatic rings. The van der Waals surface area contributed by atoms with E-state index in [1.54, 1.807) is 25.1 Å². The molecule has 0 saturated heterocycles. The van der Waals surface area contributed by atoms with Gasteiger partial charge in [0, 0.05) is 12.1 Å². The first-order chi connectivity index (χ1) is 14.9. The average Bonchev–Trinajstić information content (AvgIpc) is 2.69. The quantitative estimate of drug-likeness (QED) is 0.141. The van der Waals surface area contributed by atoms with Crippen molar-refractivity contribution in [1.29, 1.82) is 5.41 Å². The normalized spacial score (nSPS) is 12.0. The number of sulfonamides is 1. The minimum atomic E-state index is -4.04. The van der Waals surface area contributed by atoms with Gasteiger partial charge in [0.1, 0.15) is 11.7 Å². The van der Waals surface area contributed by atoms with Crippen LogP contribution in [-0.2, 0) is 19.7 Å². The van der Waals surface area contributed by atoms with Gasteiger partial charge in [-0.2, -0.15) is 0 Å². The van der Waals surface area contributed by atoms with Gasteiger partial charge in [-0.3, -0.25) is 29.1 Å². The monoisotopic (exact) mass is 500 g/mol. The van der Waals surface area contributed by atoms with Gasteiger partial charge in [0.15, 0.2) is 0 Å². The van der Waals surface area contributed by atoms with Crippen molar-refractivity contribution in [3.05, 3.63) is 58.0 Å². The van der Waals surface area contributed by atoms with Crippen LogP contribution in [0.1, 0.15) is 43.5 Å². The predicted octanol–water partition coefficient (Wildman–Crippen LogP) is 1.33. The number of halogens is 1. The lowest BCUT2D eigenvalue weighted by atomic mass is 10.1. The van der Waals surface area contributed by atoms with Crippen molar-refractivity contribution in [2.75, 3.05) is 11.3 Å². The first-order valence-electron chi connectivity index (χ1n) is 9.80. The van der Waals surface area contributed by atoms with Crippen LogP contribution in [0.25, 0.3) is 0 Å². The van der Waals surface area contributed by atoms with Gasteiger partial charge >= 0.3 is 0 Å². The second-order valence-electron chi connectivity index (χ2n) is 7.49. The number of aryl methyl sites for hydroxylation is 1. The predicted molar refractivity (Wildman–Crippen MR) is 128 cm³/mol. The van der Waals surface area contributed by atoms with Crippen LogP contribution < -0.4 is 27.2 Å². The summed E-state index contributed by atoms with van der Waals surface area (Å²) < 4.78 is 29.1. The summed E-state index contributed by atoms with van der Waals surface area (Å²) in [6.07, 6.45) is -0.0106. The first kappa shape index (κ1) is 27.9. The number of rotatable bonds is 10. The maximum Gasteiger partial charge on any atom is 0.275 e. The zero-order valence-electron chi connectivity index (χ0n) is 18.5. The maximum absolute atomic E-state index is 13.3. The molecule has 0 saturated carbocycles. The number of primary amides is 1. The van der Waals surface area contributed by atoms with Crippen LogP contribution in [-0.4, -0.2) is 31.5 Å². The van der Waals surface area contributed by atoms with Crippen molar-refractivity contribution in [1.82, 2.24) is 10.0 Å². The lowest BCUT2D eigenvalue weighted by Gasteiger charge is -2.23. The molecule has 0 aliphatic rings. The molecule has 0 bridgehead atoms. The lowest BCUT2D eigenvalue weighted by molar-refractivity contribution is -0.122. The Labute approximate surface area is 198 Å². The van der Waals surface area contributed by atoms with Crippen LogP contribution in [0.4, 0.5) is 5.69 Å². The van der Waals surface area contributed by atoms with Crippen molar-refractivity contribution in [2.45, 2.75) is 44.0 Å². The number of hydroxylamine groups is 1. The summed E-state index contributed by atoms with van der Waals surface area (Å²) in [5, 5.41) is 7.08. The van der Waals surface area contributed by atoms with Crippen molar-refractivity contribution < 1.29 is 18.0 Å². The Morgan fingerprint density at radius 2 is 1.88 bits per heavy atom. The third-order valence-electron chi connectivity index (χ3n) is 4.60. The molecule has 1 heterocycles. The Bertz CT molecular complexity index is 1170. The standard InChI is InChI=1S/C20H28N6O5S.ClH/c1-12(2)16-8-7-15(25-32(29,30)14-6-4-5-13(3)11-14)19(28)26(16)17(18(21)27)9-10-31-24-20(22)23;/h4-8,11-12,17,25H,9-10H2,1-3H3,(H2,21,27)(H4,22,23,24);1H. The van der Waals surface area contributed by atoms with E-state index in [4.69, 9.17) is 21.7 Å². The molecule has 7 N–H and O–H groups in total. The summed E-state index contributed by atoms with van der Waals surface area (Å²) in [6.45, 7) is 5.32. The zero-order chi connectivity index (χ0) is 24.1. The highest BCUT2D eigenvalue weighted by atomic mass is 35.5. The number of benzene rings is 1. The van der Waals surface area contributed by atoms with Gasteiger partial charge in [-0.05, 0) is 42.7 Å². The van der Waals surface area contributed by atoms with Gasteiger partial charge in [-0.25, -0.2) is 13.9 Å². The van der Waals surface area contributed by atoms with E-state index in [0.29, 0.717) is 5.69 Å². The van der Waals surface area contributed by atoms with E-state index in [0.717, 1.165) is 5.56 Å². The van der Waals surface area contributed by atoms with Gasteiger partial charge in [-0.15, -0.1) is 12.4 Å². The zero-order valence-corrected chi connectivity index (χ0v) is 20.1. The molecule has 0 spiro atoms. The third-order valence-corrected chi connectivity index (χ3v) is 5.96. The van der Waals surface area contributed by atoms with Gasteiger partial charge in [0.2, 0.25) is 11.9 Å². The number of aromatic nitrogens is 1. The fourth-order valence-corrected chi connectivity index (χ4v) is 4.28.